The molecule has 17 heavy (non-hydrogen) atoms. The lowest BCUT2D eigenvalue weighted by atomic mass is 9.96. The fourth-order valence-corrected chi connectivity index (χ4v) is 0.891. The summed E-state index contributed by atoms with van der Waals surface area (Å²) in [4.78, 5) is 31.7. The summed E-state index contributed by atoms with van der Waals surface area (Å²) < 4.78 is 3.48. The third kappa shape index (κ3) is 5.77. The molecule has 0 aromatic heterocycles. The first-order valence-corrected chi connectivity index (χ1v) is 4.03. The zero-order valence-electron chi connectivity index (χ0n) is 8.23. The highest BCUT2D eigenvalue weighted by molar-refractivity contribution is 5.88. The maximum atomic E-state index is 10.8. The highest BCUT2D eigenvalue weighted by Crippen LogP contribution is 2.18. The monoisotopic (exact) mass is 254 g/mol. The van der Waals surface area contributed by atoms with E-state index in [1.54, 1.807) is 0 Å². The van der Waals surface area contributed by atoms with Crippen LogP contribution in [-0.4, -0.2) is 60.3 Å². The molecule has 10 nitrogen and oxygen atoms in total. The molecule has 0 saturated heterocycles. The predicted molar refractivity (Wildman–Crippen MR) is 44.9 cm³/mol. The van der Waals surface area contributed by atoms with Crippen molar-refractivity contribution in [2.75, 3.05) is 0 Å². The predicted octanol–water partition coefficient (Wildman–Crippen LogP) is -3.20. The van der Waals surface area contributed by atoms with E-state index in [0.29, 0.717) is 0 Å². The second-order valence-electron chi connectivity index (χ2n) is 3.13. The van der Waals surface area contributed by atoms with Gasteiger partial charge >= 0.3 is 24.1 Å². The zero-order chi connectivity index (χ0) is 13.9. The molecule has 98 valence electrons. The van der Waals surface area contributed by atoms with Gasteiger partial charge in [0.2, 0.25) is 0 Å². The summed E-state index contributed by atoms with van der Waals surface area (Å²) in [6, 6.07) is 0. The van der Waals surface area contributed by atoms with Crippen molar-refractivity contribution >= 4 is 17.9 Å². The van der Waals surface area contributed by atoms with Crippen molar-refractivity contribution < 1.29 is 49.8 Å². The maximum absolute atomic E-state index is 10.8. The van der Waals surface area contributed by atoms with E-state index in [9.17, 15) is 19.5 Å². The van der Waals surface area contributed by atoms with Crippen LogP contribution in [0.15, 0.2) is 0 Å². The number of rotatable bonds is 6. The number of hydrogen-bond donors (Lipinski definition) is 6. The van der Waals surface area contributed by atoms with Crippen LogP contribution in [0.5, 0.6) is 0 Å². The van der Waals surface area contributed by atoms with E-state index in [1.807, 2.05) is 0 Å². The summed E-state index contributed by atoms with van der Waals surface area (Å²) >= 11 is 0. The maximum Gasteiger partial charge on any atom is 0.455 e. The van der Waals surface area contributed by atoms with Crippen LogP contribution in [0.1, 0.15) is 12.8 Å². The van der Waals surface area contributed by atoms with Crippen molar-refractivity contribution in [3.05, 3.63) is 0 Å². The molecule has 0 aliphatic carbocycles. The smallest absolute Gasteiger partial charge is 0.455 e. The lowest BCUT2D eigenvalue weighted by Crippen LogP contribution is -2.45. The number of aliphatic hydroxyl groups is 4. The summed E-state index contributed by atoms with van der Waals surface area (Å²) in [5.41, 5.74) is -2.98. The third-order valence-electron chi connectivity index (χ3n) is 1.53. The van der Waals surface area contributed by atoms with Crippen LogP contribution < -0.4 is 0 Å². The van der Waals surface area contributed by atoms with Gasteiger partial charge in [-0.2, -0.15) is 0 Å². The average Bonchev–Trinajstić information content (AvgIpc) is 1.96. The Morgan fingerprint density at radius 2 is 1.41 bits per heavy atom. The first-order valence-electron chi connectivity index (χ1n) is 4.03. The molecule has 0 bridgehead atoms. The summed E-state index contributed by atoms with van der Waals surface area (Å²) in [7, 11) is 0. The number of carbonyl (C=O) groups is 3. The van der Waals surface area contributed by atoms with Crippen LogP contribution in [-0.2, 0) is 19.1 Å². The van der Waals surface area contributed by atoms with Crippen molar-refractivity contribution in [1.82, 2.24) is 0 Å². The normalized spacial score (nSPS) is 14.8. The van der Waals surface area contributed by atoms with Crippen molar-refractivity contribution in [2.45, 2.75) is 24.6 Å². The Bertz CT molecular complexity index is 328. The van der Waals surface area contributed by atoms with Gasteiger partial charge in [-0.1, -0.05) is 0 Å². The lowest BCUT2D eigenvalue weighted by Gasteiger charge is -2.21. The number of carboxylic acids is 2. The Hall–Kier alpha value is -1.75. The fourth-order valence-electron chi connectivity index (χ4n) is 0.891. The highest BCUT2D eigenvalue weighted by atomic mass is 16.9. The van der Waals surface area contributed by atoms with Gasteiger partial charge in [-0.3, -0.25) is 9.59 Å². The first kappa shape index (κ1) is 15.2. The molecule has 0 fully saturated rings. The Kier molecular flexibility index (Phi) is 4.53. The molecule has 0 spiro atoms. The minimum absolute atomic E-state index is 1.31. The number of carbonyl (C=O) groups excluding carboxylic acids is 1. The van der Waals surface area contributed by atoms with Gasteiger partial charge in [0.25, 0.3) is 0 Å². The second-order valence-corrected chi connectivity index (χ2v) is 3.13. The van der Waals surface area contributed by atoms with Crippen LogP contribution in [0.3, 0.4) is 0 Å². The number of hydrogen-bond acceptors (Lipinski definition) is 8. The minimum Gasteiger partial charge on any atom is -0.481 e. The van der Waals surface area contributed by atoms with E-state index in [1.165, 1.54) is 0 Å². The molecular formula is C7H10O10. The molecule has 0 amide bonds. The van der Waals surface area contributed by atoms with Crippen LogP contribution in [0.4, 0.5) is 0 Å². The van der Waals surface area contributed by atoms with Crippen LogP contribution in [0.25, 0.3) is 0 Å². The summed E-state index contributed by atoms with van der Waals surface area (Å²) in [6.07, 6.45) is -6.54. The van der Waals surface area contributed by atoms with Crippen LogP contribution in [0, 0.1) is 0 Å². The summed E-state index contributed by atoms with van der Waals surface area (Å²) in [5, 5.41) is 50.8. The molecule has 0 rings (SSSR count). The Balaban J connectivity index is 4.72. The molecule has 1 atom stereocenters. The number of ether oxygens (including phenoxy) is 1. The Morgan fingerprint density at radius 1 is 0.941 bits per heavy atom. The van der Waals surface area contributed by atoms with Gasteiger partial charge in [0, 0.05) is 0 Å². The number of esters is 1. The standard InChI is InChI=1S/C7H10O10/c8-3(9)1-6(13,5(11)12)2-4(10)17-7(14,15)16/h13-16H,1-2H2,(H,8,9)(H,11,12). The van der Waals surface area contributed by atoms with E-state index in [2.05, 4.69) is 4.74 Å². The highest BCUT2D eigenvalue weighted by Gasteiger charge is 2.42. The number of aliphatic carboxylic acids is 2. The van der Waals surface area contributed by atoms with Gasteiger partial charge in [-0.25, -0.2) is 4.79 Å². The van der Waals surface area contributed by atoms with Crippen molar-refractivity contribution in [3.63, 3.8) is 0 Å². The van der Waals surface area contributed by atoms with E-state index < -0.39 is 42.5 Å². The molecule has 0 aliphatic rings. The molecule has 10 heteroatoms. The minimum atomic E-state index is -3.83. The Labute approximate surface area is 93.3 Å². The van der Waals surface area contributed by atoms with Crippen molar-refractivity contribution in [3.8, 4) is 0 Å². The molecule has 0 aromatic carbocycles. The average molecular weight is 254 g/mol. The van der Waals surface area contributed by atoms with Gasteiger partial charge in [0.15, 0.2) is 5.60 Å². The molecule has 0 saturated carbocycles. The van der Waals surface area contributed by atoms with Crippen molar-refractivity contribution in [1.29, 1.82) is 0 Å². The van der Waals surface area contributed by atoms with E-state index in [0.717, 1.165) is 0 Å². The first-order chi connectivity index (χ1) is 7.46. The van der Waals surface area contributed by atoms with Crippen LogP contribution >= 0.6 is 0 Å². The van der Waals surface area contributed by atoms with Gasteiger partial charge in [-0.15, -0.1) is 0 Å². The summed E-state index contributed by atoms with van der Waals surface area (Å²) in [5.74, 6) is -5.44. The van der Waals surface area contributed by atoms with E-state index >= 15 is 0 Å². The van der Waals surface area contributed by atoms with E-state index in [4.69, 9.17) is 25.5 Å². The SMILES string of the molecule is O=C(O)CC(O)(CC(=O)OC(O)(O)O)C(=O)O. The van der Waals surface area contributed by atoms with Crippen molar-refractivity contribution in [2.24, 2.45) is 0 Å². The largest absolute Gasteiger partial charge is 0.481 e. The third-order valence-corrected chi connectivity index (χ3v) is 1.53. The molecular weight excluding hydrogens is 244 g/mol. The van der Waals surface area contributed by atoms with Gasteiger partial charge in [-0.05, 0) is 0 Å². The zero-order valence-corrected chi connectivity index (χ0v) is 8.23. The van der Waals surface area contributed by atoms with Gasteiger partial charge in [0.1, 0.15) is 0 Å². The van der Waals surface area contributed by atoms with Gasteiger partial charge < -0.3 is 35.4 Å². The molecule has 0 heterocycles. The number of carboxylic acid groups (broad SMARTS) is 2. The molecule has 1 unspecified atom stereocenters. The second kappa shape index (κ2) is 5.05. The van der Waals surface area contributed by atoms with Gasteiger partial charge in [0.05, 0.1) is 12.8 Å². The quantitative estimate of drug-likeness (QED) is 0.208. The molecule has 0 radical (unpaired) electrons. The van der Waals surface area contributed by atoms with Crippen LogP contribution in [0.2, 0.25) is 0 Å². The molecule has 6 N–H and O–H groups in total. The fraction of sp³-hybridized carbons (Fsp3) is 0.571. The van der Waals surface area contributed by atoms with E-state index in [-0.39, 0.29) is 0 Å². The summed E-state index contributed by atoms with van der Waals surface area (Å²) in [6.45, 7) is 0. The molecule has 0 aromatic rings. The topological polar surface area (TPSA) is 182 Å². The Morgan fingerprint density at radius 3 is 1.71 bits per heavy atom. The lowest BCUT2D eigenvalue weighted by molar-refractivity contribution is -0.435. The molecule has 0 aliphatic heterocycles.